The van der Waals surface area contributed by atoms with Crippen LogP contribution >= 0.6 is 11.6 Å². The second-order valence-electron chi connectivity index (χ2n) is 8.26. The lowest BCUT2D eigenvalue weighted by molar-refractivity contribution is -0.136. The van der Waals surface area contributed by atoms with Crippen LogP contribution in [0.3, 0.4) is 0 Å². The summed E-state index contributed by atoms with van der Waals surface area (Å²) in [5.74, 6) is 1.10. The van der Waals surface area contributed by atoms with Gasteiger partial charge in [0.25, 0.3) is 5.56 Å². The number of benzene rings is 2. The molecule has 1 aliphatic rings. The zero-order valence-electron chi connectivity index (χ0n) is 18.0. The van der Waals surface area contributed by atoms with Crippen molar-refractivity contribution in [1.82, 2.24) is 19.7 Å². The molecule has 33 heavy (non-hydrogen) atoms. The molecule has 0 radical (unpaired) electrons. The number of aromatic nitrogens is 3. The summed E-state index contributed by atoms with van der Waals surface area (Å²) in [6, 6.07) is 14.6. The smallest absolute Gasteiger partial charge is 0.275 e. The Labute approximate surface area is 195 Å². The first-order chi connectivity index (χ1) is 16.1. The third-order valence-corrected chi connectivity index (χ3v) is 6.27. The zero-order valence-corrected chi connectivity index (χ0v) is 18.7. The van der Waals surface area contributed by atoms with Crippen LogP contribution < -0.4 is 5.56 Å². The van der Waals surface area contributed by atoms with E-state index in [9.17, 15) is 9.59 Å². The zero-order chi connectivity index (χ0) is 22.8. The van der Waals surface area contributed by atoms with Crippen LogP contribution in [0.4, 0.5) is 0 Å². The van der Waals surface area contributed by atoms with Crippen molar-refractivity contribution in [3.05, 3.63) is 93.5 Å². The maximum absolute atomic E-state index is 13.2. The lowest BCUT2D eigenvalue weighted by Gasteiger charge is -2.33. The van der Waals surface area contributed by atoms with Crippen molar-refractivity contribution in [1.29, 1.82) is 0 Å². The summed E-state index contributed by atoms with van der Waals surface area (Å²) in [6.07, 6.45) is 6.59. The Balaban J connectivity index is 1.34. The van der Waals surface area contributed by atoms with Crippen molar-refractivity contribution in [3.8, 4) is 0 Å². The van der Waals surface area contributed by atoms with E-state index in [1.54, 1.807) is 29.4 Å². The highest BCUT2D eigenvalue weighted by Gasteiger charge is 2.31. The molecular weight excluding hydrogens is 440 g/mol. The largest absolute Gasteiger partial charge is 0.443 e. The second-order valence-corrected chi connectivity index (χ2v) is 8.70. The van der Waals surface area contributed by atoms with Gasteiger partial charge in [0.05, 0.1) is 17.8 Å². The molecule has 1 atom stereocenters. The number of hydrogen-bond donors (Lipinski definition) is 0. The number of fused-ring (bicyclic) bond motifs is 1. The van der Waals surface area contributed by atoms with Crippen molar-refractivity contribution in [2.45, 2.75) is 38.3 Å². The Hall–Kier alpha value is -3.45. The SMILES string of the molecule is O=C(Cn1ncc2ccccc2c1=O)N1CCCCC1c1ncc(Cc2ccc(Cl)cc2)o1. The maximum atomic E-state index is 13.2. The highest BCUT2D eigenvalue weighted by molar-refractivity contribution is 6.30. The molecule has 1 aliphatic heterocycles. The van der Waals surface area contributed by atoms with Gasteiger partial charge in [0, 0.05) is 23.4 Å². The van der Waals surface area contributed by atoms with Gasteiger partial charge in [-0.15, -0.1) is 0 Å². The fourth-order valence-electron chi connectivity index (χ4n) is 4.31. The van der Waals surface area contributed by atoms with Gasteiger partial charge in [-0.1, -0.05) is 41.9 Å². The molecule has 1 fully saturated rings. The van der Waals surface area contributed by atoms with E-state index in [-0.39, 0.29) is 24.1 Å². The van der Waals surface area contributed by atoms with E-state index in [1.807, 2.05) is 36.4 Å². The van der Waals surface area contributed by atoms with E-state index >= 15 is 0 Å². The molecule has 8 heteroatoms. The van der Waals surface area contributed by atoms with Gasteiger partial charge in [0.1, 0.15) is 18.3 Å². The molecule has 7 nitrogen and oxygen atoms in total. The molecule has 1 amide bonds. The third kappa shape index (κ3) is 4.54. The Bertz CT molecular complexity index is 1350. The molecule has 0 N–H and O–H groups in total. The van der Waals surface area contributed by atoms with E-state index in [0.717, 1.165) is 36.0 Å². The molecule has 3 heterocycles. The van der Waals surface area contributed by atoms with E-state index in [1.165, 1.54) is 4.68 Å². The van der Waals surface area contributed by atoms with Gasteiger partial charge in [0.15, 0.2) is 0 Å². The van der Waals surface area contributed by atoms with Crippen LogP contribution in [0.5, 0.6) is 0 Å². The van der Waals surface area contributed by atoms with Crippen LogP contribution in [0.25, 0.3) is 10.8 Å². The fraction of sp³-hybridized carbons (Fsp3) is 0.280. The summed E-state index contributed by atoms with van der Waals surface area (Å²) >= 11 is 5.96. The normalized spacial score (nSPS) is 16.3. The van der Waals surface area contributed by atoms with E-state index in [2.05, 4.69) is 10.1 Å². The molecule has 4 aromatic rings. The molecule has 0 bridgehead atoms. The van der Waals surface area contributed by atoms with Gasteiger partial charge in [-0.05, 0) is 43.0 Å². The van der Waals surface area contributed by atoms with Crippen LogP contribution in [0.15, 0.2) is 70.1 Å². The average molecular weight is 463 g/mol. The van der Waals surface area contributed by atoms with E-state index < -0.39 is 0 Å². The van der Waals surface area contributed by atoms with Crippen molar-refractivity contribution in [2.24, 2.45) is 0 Å². The number of likely N-dealkylation sites (tertiary alicyclic amines) is 1. The topological polar surface area (TPSA) is 81.2 Å². The number of oxazole rings is 1. The van der Waals surface area contributed by atoms with Crippen molar-refractivity contribution in [3.63, 3.8) is 0 Å². The molecule has 2 aromatic carbocycles. The number of hydrogen-bond acceptors (Lipinski definition) is 5. The highest BCUT2D eigenvalue weighted by atomic mass is 35.5. The van der Waals surface area contributed by atoms with Gasteiger partial charge in [-0.2, -0.15) is 5.10 Å². The summed E-state index contributed by atoms with van der Waals surface area (Å²) in [4.78, 5) is 32.2. The van der Waals surface area contributed by atoms with E-state index in [4.69, 9.17) is 16.0 Å². The number of nitrogens with zero attached hydrogens (tertiary/aromatic N) is 4. The van der Waals surface area contributed by atoms with Crippen LogP contribution in [0.2, 0.25) is 5.02 Å². The number of halogens is 1. The van der Waals surface area contributed by atoms with Gasteiger partial charge < -0.3 is 9.32 Å². The van der Waals surface area contributed by atoms with Gasteiger partial charge in [-0.25, -0.2) is 9.67 Å². The van der Waals surface area contributed by atoms with Crippen molar-refractivity contribution < 1.29 is 9.21 Å². The standard InChI is InChI=1S/C25H23ClN4O3/c26-19-10-8-17(9-11-19)13-20-15-27-24(33-20)22-7-3-4-12-29(22)23(31)16-30-25(32)21-6-2-1-5-18(21)14-28-30/h1-2,5-6,8-11,14-15,22H,3-4,7,12-13,16H2. The molecule has 168 valence electrons. The first-order valence-corrected chi connectivity index (χ1v) is 11.4. The van der Waals surface area contributed by atoms with Crippen LogP contribution in [0, 0.1) is 0 Å². The summed E-state index contributed by atoms with van der Waals surface area (Å²) in [5, 5.41) is 6.20. The first-order valence-electron chi connectivity index (χ1n) is 11.0. The van der Waals surface area contributed by atoms with Gasteiger partial charge >= 0.3 is 0 Å². The highest BCUT2D eigenvalue weighted by Crippen LogP contribution is 2.31. The molecule has 0 spiro atoms. The van der Waals surface area contributed by atoms with Crippen molar-refractivity contribution >= 4 is 28.3 Å². The minimum absolute atomic E-state index is 0.113. The summed E-state index contributed by atoms with van der Waals surface area (Å²) in [5.41, 5.74) is 0.803. The third-order valence-electron chi connectivity index (χ3n) is 6.02. The lowest BCUT2D eigenvalue weighted by Crippen LogP contribution is -2.42. The Morgan fingerprint density at radius 2 is 1.91 bits per heavy atom. The van der Waals surface area contributed by atoms with Crippen LogP contribution in [-0.4, -0.2) is 32.1 Å². The Morgan fingerprint density at radius 3 is 2.76 bits per heavy atom. The molecular formula is C25H23ClN4O3. The Morgan fingerprint density at radius 1 is 1.09 bits per heavy atom. The van der Waals surface area contributed by atoms with Crippen LogP contribution in [-0.2, 0) is 17.8 Å². The monoisotopic (exact) mass is 462 g/mol. The lowest BCUT2D eigenvalue weighted by atomic mass is 10.0. The van der Waals surface area contributed by atoms with Gasteiger partial charge in [-0.3, -0.25) is 9.59 Å². The van der Waals surface area contributed by atoms with Crippen LogP contribution in [0.1, 0.15) is 42.5 Å². The molecule has 5 rings (SSSR count). The number of carbonyl (C=O) groups excluding carboxylic acids is 1. The molecule has 2 aromatic heterocycles. The summed E-state index contributed by atoms with van der Waals surface area (Å²) < 4.78 is 7.28. The average Bonchev–Trinajstić information content (AvgIpc) is 3.31. The molecule has 1 unspecified atom stereocenters. The predicted octanol–water partition coefficient (Wildman–Crippen LogP) is 4.38. The van der Waals surface area contributed by atoms with E-state index in [0.29, 0.717) is 29.3 Å². The first kappa shape index (κ1) is 21.4. The van der Waals surface area contributed by atoms with Crippen molar-refractivity contribution in [2.75, 3.05) is 6.54 Å². The summed E-state index contributed by atoms with van der Waals surface area (Å²) in [6.45, 7) is 0.485. The second kappa shape index (κ2) is 9.19. The molecule has 0 aliphatic carbocycles. The number of amides is 1. The molecule has 1 saturated heterocycles. The molecule has 0 saturated carbocycles. The minimum Gasteiger partial charge on any atom is -0.443 e. The summed E-state index contributed by atoms with van der Waals surface area (Å²) in [7, 11) is 0. The number of rotatable bonds is 5. The maximum Gasteiger partial charge on any atom is 0.275 e. The minimum atomic E-state index is -0.267. The fourth-order valence-corrected chi connectivity index (χ4v) is 4.43. The number of piperidine rings is 1. The quantitative estimate of drug-likeness (QED) is 0.439. The predicted molar refractivity (Wildman–Crippen MR) is 125 cm³/mol. The van der Waals surface area contributed by atoms with Gasteiger partial charge in [0.2, 0.25) is 11.8 Å². The number of carbonyl (C=O) groups is 1. The Kier molecular flexibility index (Phi) is 5.96.